The van der Waals surface area contributed by atoms with Crippen molar-refractivity contribution in [3.63, 3.8) is 0 Å². The van der Waals surface area contributed by atoms with Crippen molar-refractivity contribution < 1.29 is 4.79 Å². The molecule has 2 rings (SSSR count). The van der Waals surface area contributed by atoms with Crippen LogP contribution < -0.4 is 5.32 Å². The van der Waals surface area contributed by atoms with Crippen LogP contribution in [0.25, 0.3) is 0 Å². The van der Waals surface area contributed by atoms with Crippen molar-refractivity contribution >= 4 is 46.4 Å². The number of rotatable bonds is 3. The van der Waals surface area contributed by atoms with Crippen LogP contribution in [0.3, 0.4) is 0 Å². The van der Waals surface area contributed by atoms with E-state index >= 15 is 0 Å². The molecule has 0 aliphatic heterocycles. The molecule has 0 radical (unpaired) electrons. The average molecular weight is 333 g/mol. The summed E-state index contributed by atoms with van der Waals surface area (Å²) in [5, 5.41) is 8.15. The Hall–Kier alpha value is -1.23. The minimum absolute atomic E-state index is 0.322. The summed E-state index contributed by atoms with van der Waals surface area (Å²) in [7, 11) is 0. The van der Waals surface area contributed by atoms with Gasteiger partial charge in [0.15, 0.2) is 0 Å². The van der Waals surface area contributed by atoms with Crippen LogP contribution in [0.1, 0.15) is 23.1 Å². The fourth-order valence-electron chi connectivity index (χ4n) is 1.82. The van der Waals surface area contributed by atoms with Gasteiger partial charge in [-0.2, -0.15) is 5.10 Å². The van der Waals surface area contributed by atoms with Crippen LogP contribution in [0.2, 0.25) is 15.1 Å². The molecule has 1 aromatic carbocycles. The number of benzene rings is 1. The van der Waals surface area contributed by atoms with Crippen LogP contribution in [-0.4, -0.2) is 15.7 Å². The van der Waals surface area contributed by atoms with E-state index in [2.05, 4.69) is 10.4 Å². The van der Waals surface area contributed by atoms with Crippen molar-refractivity contribution in [2.75, 3.05) is 5.32 Å². The van der Waals surface area contributed by atoms with Crippen LogP contribution in [0.5, 0.6) is 0 Å². The van der Waals surface area contributed by atoms with Crippen molar-refractivity contribution in [2.45, 2.75) is 20.4 Å². The first kappa shape index (κ1) is 15.2. The lowest BCUT2D eigenvalue weighted by Gasteiger charge is -2.08. The Morgan fingerprint density at radius 2 is 1.85 bits per heavy atom. The standard InChI is InChI=1S/C13H12Cl3N3O/c1-3-19-12(11(16)7(2)18-19)13(20)17-10-5-8(14)4-9(15)6-10/h4-6H,3H2,1-2H3,(H,17,20). The third-order valence-electron chi connectivity index (χ3n) is 2.69. The second kappa shape index (κ2) is 6.04. The van der Waals surface area contributed by atoms with E-state index < -0.39 is 0 Å². The zero-order valence-electron chi connectivity index (χ0n) is 10.9. The monoisotopic (exact) mass is 331 g/mol. The summed E-state index contributed by atoms with van der Waals surface area (Å²) in [5.74, 6) is -0.351. The second-order valence-electron chi connectivity index (χ2n) is 4.18. The summed E-state index contributed by atoms with van der Waals surface area (Å²) in [6.45, 7) is 4.18. The average Bonchev–Trinajstić information content (AvgIpc) is 2.63. The summed E-state index contributed by atoms with van der Waals surface area (Å²) >= 11 is 17.9. The highest BCUT2D eigenvalue weighted by atomic mass is 35.5. The molecule has 1 aromatic heterocycles. The minimum atomic E-state index is -0.351. The molecule has 0 aliphatic carbocycles. The number of aryl methyl sites for hydroxylation is 2. The normalized spacial score (nSPS) is 10.7. The molecule has 0 spiro atoms. The number of anilines is 1. The number of amides is 1. The highest BCUT2D eigenvalue weighted by Crippen LogP contribution is 2.25. The van der Waals surface area contributed by atoms with Crippen molar-refractivity contribution in [1.29, 1.82) is 0 Å². The maximum atomic E-state index is 12.3. The van der Waals surface area contributed by atoms with E-state index in [9.17, 15) is 4.79 Å². The van der Waals surface area contributed by atoms with E-state index in [0.717, 1.165) is 0 Å². The highest BCUT2D eigenvalue weighted by Gasteiger charge is 2.20. The van der Waals surface area contributed by atoms with E-state index in [1.54, 1.807) is 29.8 Å². The zero-order chi connectivity index (χ0) is 14.9. The van der Waals surface area contributed by atoms with E-state index in [0.29, 0.717) is 38.7 Å². The second-order valence-corrected chi connectivity index (χ2v) is 5.43. The lowest BCUT2D eigenvalue weighted by molar-refractivity contribution is 0.101. The number of aromatic nitrogens is 2. The topological polar surface area (TPSA) is 46.9 Å². The van der Waals surface area contributed by atoms with E-state index in [-0.39, 0.29) is 5.91 Å². The Morgan fingerprint density at radius 3 is 2.40 bits per heavy atom. The van der Waals surface area contributed by atoms with Gasteiger partial charge in [0.1, 0.15) is 5.69 Å². The molecule has 4 nitrogen and oxygen atoms in total. The number of carbonyl (C=O) groups is 1. The van der Waals surface area contributed by atoms with Crippen molar-refractivity contribution in [3.05, 3.63) is 44.7 Å². The molecular weight excluding hydrogens is 321 g/mol. The summed E-state index contributed by atoms with van der Waals surface area (Å²) < 4.78 is 1.55. The Kier molecular flexibility index (Phi) is 4.58. The van der Waals surface area contributed by atoms with Gasteiger partial charge in [0.25, 0.3) is 5.91 Å². The molecule has 1 heterocycles. The van der Waals surface area contributed by atoms with Crippen LogP contribution in [0.4, 0.5) is 5.69 Å². The number of hydrogen-bond acceptors (Lipinski definition) is 2. The maximum Gasteiger partial charge on any atom is 0.275 e. The van der Waals surface area contributed by atoms with Gasteiger partial charge in [-0.3, -0.25) is 9.48 Å². The zero-order valence-corrected chi connectivity index (χ0v) is 13.1. The Labute approximate surface area is 131 Å². The van der Waals surface area contributed by atoms with Gasteiger partial charge in [0.05, 0.1) is 10.7 Å². The first-order valence-corrected chi connectivity index (χ1v) is 7.06. The van der Waals surface area contributed by atoms with Crippen LogP contribution >= 0.6 is 34.8 Å². The summed E-state index contributed by atoms with van der Waals surface area (Å²) in [5.41, 5.74) is 1.44. The first-order valence-electron chi connectivity index (χ1n) is 5.92. The number of hydrogen-bond donors (Lipinski definition) is 1. The van der Waals surface area contributed by atoms with Gasteiger partial charge >= 0.3 is 0 Å². The minimum Gasteiger partial charge on any atom is -0.321 e. The van der Waals surface area contributed by atoms with Crippen molar-refractivity contribution in [1.82, 2.24) is 9.78 Å². The maximum absolute atomic E-state index is 12.3. The lowest BCUT2D eigenvalue weighted by atomic mass is 10.3. The quantitative estimate of drug-likeness (QED) is 0.904. The number of halogens is 3. The molecule has 20 heavy (non-hydrogen) atoms. The van der Waals surface area contributed by atoms with Gasteiger partial charge in [-0.15, -0.1) is 0 Å². The predicted molar refractivity (Wildman–Crippen MR) is 82.1 cm³/mol. The molecule has 7 heteroatoms. The predicted octanol–water partition coefficient (Wildman–Crippen LogP) is 4.42. The molecular formula is C13H12Cl3N3O. The molecule has 0 atom stereocenters. The molecule has 0 bridgehead atoms. The Morgan fingerprint density at radius 1 is 1.25 bits per heavy atom. The molecule has 0 aliphatic rings. The number of carbonyl (C=O) groups excluding carboxylic acids is 1. The van der Waals surface area contributed by atoms with Crippen LogP contribution in [0, 0.1) is 6.92 Å². The fourth-order valence-corrected chi connectivity index (χ4v) is 2.57. The first-order chi connectivity index (χ1) is 9.42. The van der Waals surface area contributed by atoms with E-state index in [1.165, 1.54) is 0 Å². The van der Waals surface area contributed by atoms with Gasteiger partial charge in [-0.25, -0.2) is 0 Å². The van der Waals surface area contributed by atoms with Crippen molar-refractivity contribution in [2.24, 2.45) is 0 Å². The van der Waals surface area contributed by atoms with E-state index in [1.807, 2.05) is 6.92 Å². The van der Waals surface area contributed by atoms with Gasteiger partial charge in [0.2, 0.25) is 0 Å². The van der Waals surface area contributed by atoms with E-state index in [4.69, 9.17) is 34.8 Å². The van der Waals surface area contributed by atoms with Gasteiger partial charge in [-0.1, -0.05) is 34.8 Å². The summed E-state index contributed by atoms with van der Waals surface area (Å²) in [4.78, 5) is 12.3. The van der Waals surface area contributed by atoms with Crippen LogP contribution in [0.15, 0.2) is 18.2 Å². The molecule has 1 amide bonds. The van der Waals surface area contributed by atoms with Gasteiger partial charge in [-0.05, 0) is 32.0 Å². The smallest absolute Gasteiger partial charge is 0.275 e. The Bertz CT molecular complexity index is 647. The number of nitrogens with one attached hydrogen (secondary N) is 1. The molecule has 0 saturated heterocycles. The fraction of sp³-hybridized carbons (Fsp3) is 0.231. The largest absolute Gasteiger partial charge is 0.321 e. The van der Waals surface area contributed by atoms with Gasteiger partial charge < -0.3 is 5.32 Å². The summed E-state index contributed by atoms with van der Waals surface area (Å²) in [6.07, 6.45) is 0. The lowest BCUT2D eigenvalue weighted by Crippen LogP contribution is -2.17. The highest BCUT2D eigenvalue weighted by molar-refractivity contribution is 6.36. The molecule has 2 aromatic rings. The van der Waals surface area contributed by atoms with Crippen molar-refractivity contribution in [3.8, 4) is 0 Å². The molecule has 0 unspecified atom stereocenters. The Balaban J connectivity index is 2.33. The summed E-state index contributed by atoms with van der Waals surface area (Å²) in [6, 6.07) is 4.81. The molecule has 1 N–H and O–H groups in total. The van der Waals surface area contributed by atoms with Gasteiger partial charge in [0, 0.05) is 22.3 Å². The molecule has 106 valence electrons. The third kappa shape index (κ3) is 3.08. The number of nitrogens with zero attached hydrogens (tertiary/aromatic N) is 2. The SMILES string of the molecule is CCn1nc(C)c(Cl)c1C(=O)Nc1cc(Cl)cc(Cl)c1. The molecule has 0 saturated carbocycles. The third-order valence-corrected chi connectivity index (χ3v) is 3.58. The van der Waals surface area contributed by atoms with Crippen LogP contribution in [-0.2, 0) is 6.54 Å². The molecule has 0 fully saturated rings.